The van der Waals surface area contributed by atoms with Gasteiger partial charge in [-0.2, -0.15) is 4.31 Å². The topological polar surface area (TPSA) is 83.1 Å². The number of sulfonamides is 1. The Morgan fingerprint density at radius 1 is 1.32 bits per heavy atom. The molecule has 0 amide bonds. The summed E-state index contributed by atoms with van der Waals surface area (Å²) in [7, 11) is -3.62. The van der Waals surface area contributed by atoms with Gasteiger partial charge in [0.15, 0.2) is 0 Å². The molecule has 0 unspecified atom stereocenters. The summed E-state index contributed by atoms with van der Waals surface area (Å²) in [6, 6.07) is 4.43. The van der Waals surface area contributed by atoms with Gasteiger partial charge in [0.1, 0.15) is 0 Å². The second-order valence-electron chi connectivity index (χ2n) is 5.43. The average molecular weight is 325 g/mol. The van der Waals surface area contributed by atoms with E-state index in [1.165, 1.54) is 22.5 Å². The van der Waals surface area contributed by atoms with E-state index in [0.29, 0.717) is 37.0 Å². The Morgan fingerprint density at radius 2 is 2.05 bits per heavy atom. The summed E-state index contributed by atoms with van der Waals surface area (Å²) in [4.78, 5) is 17.9. The first-order valence-corrected chi connectivity index (χ1v) is 8.50. The fourth-order valence-electron chi connectivity index (χ4n) is 2.63. The zero-order valence-electron chi connectivity index (χ0n) is 11.8. The lowest BCUT2D eigenvalue weighted by Gasteiger charge is -2.29. The van der Waals surface area contributed by atoms with Crippen LogP contribution >= 0.6 is 0 Å². The molecule has 0 aliphatic carbocycles. The number of halogens is 1. The minimum atomic E-state index is -3.62. The van der Waals surface area contributed by atoms with Crippen LogP contribution in [0.1, 0.15) is 12.8 Å². The smallest absolute Gasteiger partial charge is 0.266 e. The van der Waals surface area contributed by atoms with Crippen molar-refractivity contribution in [3.63, 3.8) is 0 Å². The first-order valence-electron chi connectivity index (χ1n) is 7.06. The lowest BCUT2D eigenvalue weighted by atomic mass is 10.0. The molecule has 3 rings (SSSR count). The molecular formula is C14H16FN3O3S. The zero-order valence-corrected chi connectivity index (χ0v) is 12.6. The Hall–Kier alpha value is -1.80. The van der Waals surface area contributed by atoms with Crippen molar-refractivity contribution in [1.82, 2.24) is 14.3 Å². The number of piperidine rings is 1. The van der Waals surface area contributed by atoms with E-state index in [1.807, 2.05) is 0 Å². The largest absolute Gasteiger partial charge is 0.319 e. The van der Waals surface area contributed by atoms with E-state index in [1.54, 1.807) is 0 Å². The van der Waals surface area contributed by atoms with Gasteiger partial charge in [-0.25, -0.2) is 13.4 Å². The van der Waals surface area contributed by atoms with Crippen molar-refractivity contribution in [2.45, 2.75) is 17.7 Å². The predicted octanol–water partition coefficient (Wildman–Crippen LogP) is 1.29. The summed E-state index contributed by atoms with van der Waals surface area (Å²) in [6.45, 7) is 0.253. The van der Waals surface area contributed by atoms with Crippen LogP contribution in [0.15, 0.2) is 34.1 Å². The highest BCUT2D eigenvalue weighted by molar-refractivity contribution is 7.89. The number of nitrogens with zero attached hydrogens (tertiary/aromatic N) is 2. The monoisotopic (exact) mass is 325 g/mol. The number of aromatic nitrogens is 2. The number of aromatic amines is 1. The molecule has 1 N–H and O–H groups in total. The maximum absolute atomic E-state index is 12.6. The molecule has 22 heavy (non-hydrogen) atoms. The van der Waals surface area contributed by atoms with Gasteiger partial charge in [0, 0.05) is 13.1 Å². The highest BCUT2D eigenvalue weighted by Crippen LogP contribution is 2.25. The average Bonchev–Trinajstić information content (AvgIpc) is 2.54. The highest BCUT2D eigenvalue weighted by atomic mass is 32.2. The van der Waals surface area contributed by atoms with Crippen LogP contribution in [0.4, 0.5) is 4.39 Å². The van der Waals surface area contributed by atoms with Crippen LogP contribution < -0.4 is 5.56 Å². The molecule has 1 aliphatic heterocycles. The summed E-state index contributed by atoms with van der Waals surface area (Å²) in [5.41, 5.74) is 0.568. The van der Waals surface area contributed by atoms with Crippen molar-refractivity contribution in [3.8, 4) is 0 Å². The van der Waals surface area contributed by atoms with Crippen molar-refractivity contribution in [3.05, 3.63) is 34.7 Å². The molecule has 6 nitrogen and oxygen atoms in total. The molecule has 1 aromatic heterocycles. The molecule has 0 saturated carbocycles. The van der Waals surface area contributed by atoms with Crippen LogP contribution in [0, 0.1) is 5.92 Å². The van der Waals surface area contributed by atoms with Crippen LogP contribution in [0.2, 0.25) is 0 Å². The SMILES string of the molecule is O=c1cnc2cc(S(=O)(=O)N3CCC(CF)CC3)ccc2[nH]1. The van der Waals surface area contributed by atoms with Crippen LogP contribution in [0.3, 0.4) is 0 Å². The summed E-state index contributed by atoms with van der Waals surface area (Å²) in [5, 5.41) is 0. The van der Waals surface area contributed by atoms with Gasteiger partial charge in [-0.05, 0) is 37.0 Å². The number of hydrogen-bond donors (Lipinski definition) is 1. The minimum Gasteiger partial charge on any atom is -0.319 e. The Balaban J connectivity index is 1.92. The number of H-pyrrole nitrogens is 1. The molecule has 118 valence electrons. The van der Waals surface area contributed by atoms with Gasteiger partial charge in [-0.1, -0.05) is 0 Å². The predicted molar refractivity (Wildman–Crippen MR) is 79.8 cm³/mol. The van der Waals surface area contributed by atoms with Gasteiger partial charge in [-0.15, -0.1) is 0 Å². The third-order valence-electron chi connectivity index (χ3n) is 3.98. The van der Waals surface area contributed by atoms with E-state index in [4.69, 9.17) is 0 Å². The van der Waals surface area contributed by atoms with Gasteiger partial charge >= 0.3 is 0 Å². The molecule has 1 fully saturated rings. The lowest BCUT2D eigenvalue weighted by Crippen LogP contribution is -2.38. The number of nitrogens with one attached hydrogen (secondary N) is 1. The van der Waals surface area contributed by atoms with E-state index < -0.39 is 16.7 Å². The van der Waals surface area contributed by atoms with E-state index >= 15 is 0 Å². The molecule has 0 radical (unpaired) electrons. The number of benzene rings is 1. The molecule has 2 heterocycles. The molecule has 0 atom stereocenters. The van der Waals surface area contributed by atoms with E-state index in [0.717, 1.165) is 6.20 Å². The Bertz CT molecular complexity index is 842. The first kappa shape index (κ1) is 15.1. The van der Waals surface area contributed by atoms with Gasteiger partial charge in [0.25, 0.3) is 5.56 Å². The van der Waals surface area contributed by atoms with Gasteiger partial charge in [-0.3, -0.25) is 9.18 Å². The Morgan fingerprint density at radius 3 is 2.73 bits per heavy atom. The molecular weight excluding hydrogens is 309 g/mol. The molecule has 0 spiro atoms. The van der Waals surface area contributed by atoms with Crippen LogP contribution in [-0.4, -0.2) is 42.5 Å². The van der Waals surface area contributed by atoms with Crippen LogP contribution in [0.5, 0.6) is 0 Å². The second-order valence-corrected chi connectivity index (χ2v) is 7.37. The summed E-state index contributed by atoms with van der Waals surface area (Å²) in [6.07, 6.45) is 2.19. The van der Waals surface area contributed by atoms with E-state index in [-0.39, 0.29) is 16.4 Å². The van der Waals surface area contributed by atoms with Crippen molar-refractivity contribution in [1.29, 1.82) is 0 Å². The summed E-state index contributed by atoms with van der Waals surface area (Å²) >= 11 is 0. The minimum absolute atomic E-state index is 0.0465. The van der Waals surface area contributed by atoms with Crippen molar-refractivity contribution < 1.29 is 12.8 Å². The quantitative estimate of drug-likeness (QED) is 0.922. The van der Waals surface area contributed by atoms with Gasteiger partial charge in [0.2, 0.25) is 10.0 Å². The number of fused-ring (bicyclic) bond motifs is 1. The normalized spacial score (nSPS) is 17.9. The molecule has 2 aromatic rings. The van der Waals surface area contributed by atoms with Crippen molar-refractivity contribution >= 4 is 21.1 Å². The Labute approximate surface area is 127 Å². The third-order valence-corrected chi connectivity index (χ3v) is 5.87. The lowest BCUT2D eigenvalue weighted by molar-refractivity contribution is 0.233. The standard InChI is InChI=1S/C14H16FN3O3S/c15-8-10-3-5-18(6-4-10)22(20,21)11-1-2-12-13(7-11)16-9-14(19)17-12/h1-2,7,9-10H,3-6,8H2,(H,17,19). The van der Waals surface area contributed by atoms with E-state index in [2.05, 4.69) is 9.97 Å². The highest BCUT2D eigenvalue weighted by Gasteiger charge is 2.29. The van der Waals surface area contributed by atoms with E-state index in [9.17, 15) is 17.6 Å². The number of hydrogen-bond acceptors (Lipinski definition) is 4. The second kappa shape index (κ2) is 5.77. The Kier molecular flexibility index (Phi) is 3.96. The molecule has 1 aromatic carbocycles. The fourth-order valence-corrected chi connectivity index (χ4v) is 4.12. The number of rotatable bonds is 3. The summed E-state index contributed by atoms with van der Waals surface area (Å²) < 4.78 is 39.3. The molecule has 0 bridgehead atoms. The molecule has 1 aliphatic rings. The van der Waals surface area contributed by atoms with Crippen LogP contribution in [0.25, 0.3) is 11.0 Å². The van der Waals surface area contributed by atoms with Gasteiger partial charge in [0.05, 0.1) is 28.8 Å². The molecule has 8 heteroatoms. The van der Waals surface area contributed by atoms with Gasteiger partial charge < -0.3 is 4.98 Å². The zero-order chi connectivity index (χ0) is 15.7. The maximum Gasteiger partial charge on any atom is 0.266 e. The van der Waals surface area contributed by atoms with Crippen molar-refractivity contribution in [2.75, 3.05) is 19.8 Å². The van der Waals surface area contributed by atoms with Crippen LogP contribution in [-0.2, 0) is 10.0 Å². The maximum atomic E-state index is 12.6. The number of alkyl halides is 1. The third kappa shape index (κ3) is 2.76. The first-order chi connectivity index (χ1) is 10.5. The fraction of sp³-hybridized carbons (Fsp3) is 0.429. The summed E-state index contributed by atoms with van der Waals surface area (Å²) in [5.74, 6) is -0.0465. The molecule has 1 saturated heterocycles. The van der Waals surface area contributed by atoms with Crippen molar-refractivity contribution in [2.24, 2.45) is 5.92 Å².